The molecule has 0 fully saturated rings. The van der Waals surface area contributed by atoms with Gasteiger partial charge in [-0.05, 0) is 0 Å². The highest BCUT2D eigenvalue weighted by atomic mass is 15.7. The van der Waals surface area contributed by atoms with Gasteiger partial charge in [0, 0.05) is 7.05 Å². The summed E-state index contributed by atoms with van der Waals surface area (Å²) >= 11 is 0. The maximum atomic E-state index is 8.10. The Hall–Kier alpha value is -1.15. The molecule has 0 bridgehead atoms. The van der Waals surface area contributed by atoms with Crippen LogP contribution >= 0.6 is 0 Å². The number of nitrogens with one attached hydrogen (secondary N) is 2. The first kappa shape index (κ1) is 7.85. The molecule has 50 valence electrons. The molecule has 0 heterocycles. The zero-order valence-corrected chi connectivity index (χ0v) is 5.26. The lowest BCUT2D eigenvalue weighted by molar-refractivity contribution is 0.199. The Kier molecular flexibility index (Phi) is 4.36. The summed E-state index contributed by atoms with van der Waals surface area (Å²) in [6.45, 7) is 0.455. The minimum Gasteiger partial charge on any atom is -0.220 e. The molecule has 0 aromatic carbocycles. The molecule has 0 aliphatic rings. The molecule has 9 heavy (non-hydrogen) atoms. The van der Waals surface area contributed by atoms with Gasteiger partial charge in [0.05, 0.1) is 19.0 Å². The van der Waals surface area contributed by atoms with Crippen molar-refractivity contribution in [2.45, 2.75) is 6.42 Å². The summed E-state index contributed by atoms with van der Waals surface area (Å²) in [6.07, 6.45) is 0.378. The molecule has 0 atom stereocenters. The fourth-order valence-corrected chi connectivity index (χ4v) is 0.368. The molecule has 0 radical (unpaired) electrons. The van der Waals surface area contributed by atoms with Crippen molar-refractivity contribution >= 4 is 0 Å². The molecule has 0 spiro atoms. The van der Waals surface area contributed by atoms with Crippen molar-refractivity contribution < 1.29 is 0 Å². The number of hydrazine groups is 1. The number of hydrogen-bond acceptors (Lipinski definition) is 4. The molecule has 0 rings (SSSR count). The van der Waals surface area contributed by atoms with Gasteiger partial charge in [0.1, 0.15) is 0 Å². The summed E-state index contributed by atoms with van der Waals surface area (Å²) in [7, 11) is 1.65. The van der Waals surface area contributed by atoms with E-state index >= 15 is 0 Å². The number of hydrogen-bond donors (Lipinski definition) is 2. The standard InChI is InChI=1S/C4H9N5/c1-7-9(8-6)4-2-3-5/h6-7H,2,4H2,1H3. The molecule has 0 aromatic heterocycles. The Morgan fingerprint density at radius 1 is 1.89 bits per heavy atom. The van der Waals surface area contributed by atoms with Gasteiger partial charge >= 0.3 is 0 Å². The summed E-state index contributed by atoms with van der Waals surface area (Å²) in [4.78, 5) is 0. The van der Waals surface area contributed by atoms with E-state index in [0.717, 1.165) is 0 Å². The first-order valence-electron chi connectivity index (χ1n) is 2.54. The van der Waals surface area contributed by atoms with Gasteiger partial charge in [-0.3, -0.25) is 0 Å². The third-order valence-electron chi connectivity index (χ3n) is 0.814. The Labute approximate surface area is 53.7 Å². The van der Waals surface area contributed by atoms with Crippen LogP contribution in [-0.2, 0) is 0 Å². The van der Waals surface area contributed by atoms with E-state index in [1.54, 1.807) is 7.05 Å². The molecule has 0 unspecified atom stereocenters. The quantitative estimate of drug-likeness (QED) is 0.420. The summed E-state index contributed by atoms with van der Waals surface area (Å²) in [5.74, 6) is 0. The predicted molar refractivity (Wildman–Crippen MR) is 31.1 cm³/mol. The van der Waals surface area contributed by atoms with Crippen molar-refractivity contribution in [2.75, 3.05) is 13.6 Å². The van der Waals surface area contributed by atoms with Gasteiger partial charge in [0.15, 0.2) is 0 Å². The first-order valence-corrected chi connectivity index (χ1v) is 2.54. The molecule has 0 saturated carbocycles. The van der Waals surface area contributed by atoms with Gasteiger partial charge in [0.2, 0.25) is 0 Å². The van der Waals surface area contributed by atoms with Crippen LogP contribution in [0.1, 0.15) is 6.42 Å². The van der Waals surface area contributed by atoms with Crippen LogP contribution in [0.2, 0.25) is 0 Å². The minimum atomic E-state index is 0.378. The van der Waals surface area contributed by atoms with E-state index in [-0.39, 0.29) is 0 Å². The van der Waals surface area contributed by atoms with E-state index in [0.29, 0.717) is 13.0 Å². The van der Waals surface area contributed by atoms with Crippen LogP contribution in [0, 0.1) is 16.9 Å². The fourth-order valence-electron chi connectivity index (χ4n) is 0.368. The molecule has 0 aromatic rings. The van der Waals surface area contributed by atoms with Crippen LogP contribution in [-0.4, -0.2) is 18.7 Å². The number of rotatable bonds is 4. The summed E-state index contributed by atoms with van der Waals surface area (Å²) in [5, 5.41) is 12.4. The van der Waals surface area contributed by atoms with Crippen molar-refractivity contribution in [1.82, 2.24) is 10.5 Å². The van der Waals surface area contributed by atoms with Crippen molar-refractivity contribution in [2.24, 2.45) is 5.22 Å². The predicted octanol–water partition coefficient (Wildman–Crippen LogP) is 0.282. The number of nitriles is 1. The van der Waals surface area contributed by atoms with Crippen molar-refractivity contribution in [3.63, 3.8) is 0 Å². The largest absolute Gasteiger partial charge is 0.220 e. The van der Waals surface area contributed by atoms with Crippen LogP contribution in [0.3, 0.4) is 0 Å². The van der Waals surface area contributed by atoms with E-state index in [2.05, 4.69) is 10.6 Å². The monoisotopic (exact) mass is 127 g/mol. The maximum Gasteiger partial charge on any atom is 0.0680 e. The van der Waals surface area contributed by atoms with Crippen LogP contribution in [0.5, 0.6) is 0 Å². The third kappa shape index (κ3) is 3.43. The Morgan fingerprint density at radius 2 is 2.56 bits per heavy atom. The van der Waals surface area contributed by atoms with Crippen LogP contribution in [0.15, 0.2) is 5.22 Å². The highest BCUT2D eigenvalue weighted by molar-refractivity contribution is 4.69. The Balaban J connectivity index is 3.33. The van der Waals surface area contributed by atoms with Crippen LogP contribution in [0.4, 0.5) is 0 Å². The van der Waals surface area contributed by atoms with Crippen molar-refractivity contribution in [3.8, 4) is 6.07 Å². The normalized spacial score (nSPS) is 8.00. The average molecular weight is 127 g/mol. The lowest BCUT2D eigenvalue weighted by atomic mass is 10.5. The van der Waals surface area contributed by atoms with E-state index in [1.165, 1.54) is 5.12 Å². The van der Waals surface area contributed by atoms with Gasteiger partial charge in [-0.15, -0.1) is 0 Å². The van der Waals surface area contributed by atoms with Crippen molar-refractivity contribution in [1.29, 1.82) is 10.8 Å². The molecule has 0 amide bonds. The summed E-state index contributed by atoms with van der Waals surface area (Å²) in [5.41, 5.74) is 9.13. The fraction of sp³-hybridized carbons (Fsp3) is 0.750. The van der Waals surface area contributed by atoms with E-state index in [1.807, 2.05) is 6.07 Å². The molecule has 5 nitrogen and oxygen atoms in total. The lowest BCUT2D eigenvalue weighted by Crippen LogP contribution is -2.29. The van der Waals surface area contributed by atoms with Gasteiger partial charge in [-0.1, -0.05) is 5.22 Å². The second-order valence-corrected chi connectivity index (χ2v) is 1.35. The Bertz CT molecular complexity index is 115. The lowest BCUT2D eigenvalue weighted by Gasteiger charge is -2.11. The molecule has 0 saturated heterocycles. The minimum absolute atomic E-state index is 0.378. The Morgan fingerprint density at radius 3 is 2.89 bits per heavy atom. The average Bonchev–Trinajstić information content (AvgIpc) is 1.91. The van der Waals surface area contributed by atoms with Gasteiger partial charge in [-0.2, -0.15) is 10.8 Å². The smallest absolute Gasteiger partial charge is 0.0680 e. The number of nitrogens with zero attached hydrogens (tertiary/aromatic N) is 3. The highest BCUT2D eigenvalue weighted by Gasteiger charge is 1.92. The van der Waals surface area contributed by atoms with Crippen molar-refractivity contribution in [3.05, 3.63) is 0 Å². The van der Waals surface area contributed by atoms with E-state index < -0.39 is 0 Å². The van der Waals surface area contributed by atoms with E-state index in [9.17, 15) is 0 Å². The molecular formula is C4H9N5. The third-order valence-corrected chi connectivity index (χ3v) is 0.814. The summed E-state index contributed by atoms with van der Waals surface area (Å²) < 4.78 is 0. The van der Waals surface area contributed by atoms with Gasteiger partial charge in [0.25, 0.3) is 0 Å². The molecule has 0 aliphatic carbocycles. The highest BCUT2D eigenvalue weighted by Crippen LogP contribution is 1.83. The molecule has 5 heteroatoms. The second kappa shape index (κ2) is 5.00. The van der Waals surface area contributed by atoms with Gasteiger partial charge < -0.3 is 0 Å². The molecule has 0 aliphatic heterocycles. The van der Waals surface area contributed by atoms with E-state index in [4.69, 9.17) is 10.8 Å². The molecular weight excluding hydrogens is 118 g/mol. The second-order valence-electron chi connectivity index (χ2n) is 1.35. The maximum absolute atomic E-state index is 8.10. The first-order chi connectivity index (χ1) is 4.35. The zero-order chi connectivity index (χ0) is 7.11. The topological polar surface area (TPSA) is 75.3 Å². The van der Waals surface area contributed by atoms with Crippen LogP contribution in [0.25, 0.3) is 0 Å². The van der Waals surface area contributed by atoms with Gasteiger partial charge in [-0.25, -0.2) is 10.5 Å². The SMILES string of the molecule is CNN(CCC#N)N=N. The van der Waals surface area contributed by atoms with Crippen LogP contribution < -0.4 is 5.43 Å². The molecule has 2 N–H and O–H groups in total. The zero-order valence-electron chi connectivity index (χ0n) is 5.26. The summed E-state index contributed by atoms with van der Waals surface area (Å²) in [6, 6.07) is 1.94.